The van der Waals surface area contributed by atoms with Gasteiger partial charge in [-0.05, 0) is 24.5 Å². The summed E-state index contributed by atoms with van der Waals surface area (Å²) in [5.41, 5.74) is 8.51. The molecule has 0 saturated heterocycles. The molecule has 0 fully saturated rings. The van der Waals surface area contributed by atoms with E-state index in [2.05, 4.69) is 31.4 Å². The molecule has 1 amide bonds. The van der Waals surface area contributed by atoms with Gasteiger partial charge in [-0.15, -0.1) is 0 Å². The van der Waals surface area contributed by atoms with E-state index in [4.69, 9.17) is 5.73 Å². The highest BCUT2D eigenvalue weighted by atomic mass is 16.2. The lowest BCUT2D eigenvalue weighted by Crippen LogP contribution is -2.26. The minimum absolute atomic E-state index is 0.0254. The first kappa shape index (κ1) is 16.8. The van der Waals surface area contributed by atoms with Gasteiger partial charge in [0.15, 0.2) is 0 Å². The highest BCUT2D eigenvalue weighted by Gasteiger charge is 2.11. The van der Waals surface area contributed by atoms with Crippen LogP contribution < -0.4 is 16.7 Å². The largest absolute Gasteiger partial charge is 0.373 e. The average Bonchev–Trinajstić information content (AvgIpc) is 3.24. The number of aromatic amines is 2. The van der Waals surface area contributed by atoms with Gasteiger partial charge >= 0.3 is 5.69 Å². The number of rotatable bonds is 6. The van der Waals surface area contributed by atoms with E-state index in [-0.39, 0.29) is 11.9 Å². The molecular weight excluding hydrogens is 346 g/mol. The number of aromatic nitrogens is 5. The number of carbonyl (C=O) groups excluding carboxylic acids is 1. The summed E-state index contributed by atoms with van der Waals surface area (Å²) in [5, 5.41) is 8.09. The van der Waals surface area contributed by atoms with Gasteiger partial charge in [-0.3, -0.25) is 4.79 Å². The number of benzene rings is 1. The lowest BCUT2D eigenvalue weighted by atomic mass is 10.1. The van der Waals surface area contributed by atoms with E-state index in [0.717, 1.165) is 22.0 Å². The van der Waals surface area contributed by atoms with Crippen molar-refractivity contribution in [1.29, 1.82) is 0 Å². The molecule has 1 aromatic carbocycles. The molecule has 4 rings (SSSR count). The van der Waals surface area contributed by atoms with E-state index in [1.165, 1.54) is 10.9 Å². The predicted molar refractivity (Wildman–Crippen MR) is 101 cm³/mol. The fourth-order valence-corrected chi connectivity index (χ4v) is 3.15. The quantitative estimate of drug-likeness (QED) is 0.400. The molecular formula is C18H19N7O2. The summed E-state index contributed by atoms with van der Waals surface area (Å²) in [6.07, 6.45) is 5.02. The number of nitrogens with one attached hydrogen (secondary N) is 3. The number of fused-ring (bicyclic) bond motifs is 2. The van der Waals surface area contributed by atoms with Crippen LogP contribution in [-0.4, -0.2) is 37.0 Å². The van der Waals surface area contributed by atoms with Crippen molar-refractivity contribution < 1.29 is 4.79 Å². The Bertz CT molecular complexity index is 1170. The van der Waals surface area contributed by atoms with Gasteiger partial charge in [-0.1, -0.05) is 18.2 Å². The highest BCUT2D eigenvalue weighted by Crippen LogP contribution is 2.17. The third-order valence-electron chi connectivity index (χ3n) is 4.50. The van der Waals surface area contributed by atoms with Crippen LogP contribution in [0.2, 0.25) is 0 Å². The van der Waals surface area contributed by atoms with Crippen LogP contribution in [0.3, 0.4) is 0 Å². The number of nitrogen functional groups attached to an aromatic ring is 1. The maximum atomic E-state index is 12.1. The van der Waals surface area contributed by atoms with Gasteiger partial charge in [0.2, 0.25) is 11.9 Å². The molecule has 5 N–H and O–H groups in total. The van der Waals surface area contributed by atoms with Crippen LogP contribution in [0.25, 0.3) is 16.6 Å². The first-order chi connectivity index (χ1) is 13.1. The lowest BCUT2D eigenvalue weighted by molar-refractivity contribution is -0.121. The van der Waals surface area contributed by atoms with Crippen molar-refractivity contribution >= 4 is 28.4 Å². The molecule has 9 heteroatoms. The summed E-state index contributed by atoms with van der Waals surface area (Å²) in [4.78, 5) is 33.5. The summed E-state index contributed by atoms with van der Waals surface area (Å²) in [5.74, 6) is -0.0315. The van der Waals surface area contributed by atoms with Gasteiger partial charge in [0.1, 0.15) is 5.65 Å². The number of anilines is 1. The molecule has 0 unspecified atom stereocenters. The SMILES string of the molecule is Nc1nc(=O)n2ncc(CCC(=O)NCCc3c[nH]c4ccccc34)c2[nH]1. The lowest BCUT2D eigenvalue weighted by Gasteiger charge is -2.05. The summed E-state index contributed by atoms with van der Waals surface area (Å²) in [6, 6.07) is 8.08. The van der Waals surface area contributed by atoms with Crippen molar-refractivity contribution in [2.45, 2.75) is 19.3 Å². The van der Waals surface area contributed by atoms with Crippen molar-refractivity contribution in [1.82, 2.24) is 29.9 Å². The molecule has 138 valence electrons. The molecule has 3 heterocycles. The van der Waals surface area contributed by atoms with Gasteiger partial charge in [0.25, 0.3) is 0 Å². The Morgan fingerprint density at radius 1 is 1.22 bits per heavy atom. The van der Waals surface area contributed by atoms with Crippen LogP contribution in [0.5, 0.6) is 0 Å². The zero-order valence-corrected chi connectivity index (χ0v) is 14.5. The number of nitrogens with two attached hydrogens (primary N) is 1. The number of amides is 1. The summed E-state index contributed by atoms with van der Waals surface area (Å²) >= 11 is 0. The van der Waals surface area contributed by atoms with Gasteiger partial charge in [0.05, 0.1) is 6.20 Å². The number of nitrogens with zero attached hydrogens (tertiary/aromatic N) is 3. The van der Waals surface area contributed by atoms with Crippen molar-refractivity contribution in [2.24, 2.45) is 0 Å². The van der Waals surface area contributed by atoms with Crippen LogP contribution in [-0.2, 0) is 17.6 Å². The molecule has 3 aromatic heterocycles. The van der Waals surface area contributed by atoms with E-state index in [1.807, 2.05) is 24.4 Å². The monoisotopic (exact) mass is 365 g/mol. The molecule has 0 radical (unpaired) electrons. The fraction of sp³-hybridized carbons (Fsp3) is 0.222. The van der Waals surface area contributed by atoms with E-state index < -0.39 is 5.69 Å². The standard InChI is InChI=1S/C18H19N7O2/c19-17-23-16-12(10-22-25(16)18(27)24-17)5-6-15(26)20-8-7-11-9-21-14-4-2-1-3-13(11)14/h1-4,9-10,21H,5-8H2,(H,20,26)(H3,19,23,24,27). The van der Waals surface area contributed by atoms with Crippen LogP contribution in [0.4, 0.5) is 5.95 Å². The van der Waals surface area contributed by atoms with Crippen LogP contribution in [0, 0.1) is 0 Å². The van der Waals surface area contributed by atoms with Gasteiger partial charge in [0, 0.05) is 35.6 Å². The summed E-state index contributed by atoms with van der Waals surface area (Å²) < 4.78 is 1.14. The van der Waals surface area contributed by atoms with Gasteiger partial charge < -0.3 is 21.0 Å². The third kappa shape index (κ3) is 3.39. The van der Waals surface area contributed by atoms with E-state index >= 15 is 0 Å². The molecule has 0 aliphatic rings. The molecule has 0 saturated carbocycles. The van der Waals surface area contributed by atoms with Gasteiger partial charge in [-0.25, -0.2) is 4.79 Å². The zero-order chi connectivity index (χ0) is 18.8. The minimum Gasteiger partial charge on any atom is -0.369 e. The van der Waals surface area contributed by atoms with Crippen LogP contribution >= 0.6 is 0 Å². The number of carbonyl (C=O) groups is 1. The topological polar surface area (TPSA) is 134 Å². The summed E-state index contributed by atoms with van der Waals surface area (Å²) in [7, 11) is 0. The smallest absolute Gasteiger partial charge is 0.369 e. The molecule has 0 bridgehead atoms. The van der Waals surface area contributed by atoms with Crippen LogP contribution in [0.15, 0.2) is 41.5 Å². The second-order valence-corrected chi connectivity index (χ2v) is 6.29. The average molecular weight is 365 g/mol. The number of aryl methyl sites for hydroxylation is 1. The first-order valence-electron chi connectivity index (χ1n) is 8.66. The van der Waals surface area contributed by atoms with E-state index in [0.29, 0.717) is 25.0 Å². The van der Waals surface area contributed by atoms with E-state index in [9.17, 15) is 9.59 Å². The maximum absolute atomic E-state index is 12.1. The van der Waals surface area contributed by atoms with Crippen molar-refractivity contribution in [3.63, 3.8) is 0 Å². The highest BCUT2D eigenvalue weighted by molar-refractivity contribution is 5.83. The Hall–Kier alpha value is -3.62. The molecule has 0 spiro atoms. The Labute approximate surface area is 153 Å². The van der Waals surface area contributed by atoms with Crippen LogP contribution in [0.1, 0.15) is 17.5 Å². The Balaban J connectivity index is 1.33. The second-order valence-electron chi connectivity index (χ2n) is 6.29. The predicted octanol–water partition coefficient (Wildman–Crippen LogP) is 0.773. The number of para-hydroxylation sites is 1. The second kappa shape index (κ2) is 6.94. The van der Waals surface area contributed by atoms with Crippen molar-refractivity contribution in [3.05, 3.63) is 58.3 Å². The fourth-order valence-electron chi connectivity index (χ4n) is 3.15. The van der Waals surface area contributed by atoms with Gasteiger partial charge in [-0.2, -0.15) is 14.6 Å². The molecule has 4 aromatic rings. The summed E-state index contributed by atoms with van der Waals surface area (Å²) in [6.45, 7) is 0.559. The molecule has 9 nitrogen and oxygen atoms in total. The van der Waals surface area contributed by atoms with Crippen molar-refractivity contribution in [2.75, 3.05) is 12.3 Å². The maximum Gasteiger partial charge on any atom is 0.373 e. The molecule has 0 aliphatic carbocycles. The Morgan fingerprint density at radius 2 is 2.07 bits per heavy atom. The number of hydrogen-bond donors (Lipinski definition) is 4. The van der Waals surface area contributed by atoms with E-state index in [1.54, 1.807) is 6.20 Å². The van der Waals surface area contributed by atoms with Crippen molar-refractivity contribution in [3.8, 4) is 0 Å². The molecule has 0 aliphatic heterocycles. The number of H-pyrrole nitrogens is 2. The zero-order valence-electron chi connectivity index (χ0n) is 14.5. The molecule has 27 heavy (non-hydrogen) atoms. The minimum atomic E-state index is -0.546. The normalized spacial score (nSPS) is 11.3. The Kier molecular flexibility index (Phi) is 4.33. The first-order valence-corrected chi connectivity index (χ1v) is 8.66. The number of hydrogen-bond acceptors (Lipinski definition) is 5. The third-order valence-corrected chi connectivity index (χ3v) is 4.50. The Morgan fingerprint density at radius 3 is 2.96 bits per heavy atom. The molecule has 0 atom stereocenters.